The van der Waals surface area contributed by atoms with Crippen LogP contribution in [0.2, 0.25) is 0 Å². The van der Waals surface area contributed by atoms with Crippen LogP contribution in [-0.4, -0.2) is 25.7 Å². The van der Waals surface area contributed by atoms with Crippen LogP contribution in [0, 0.1) is 5.92 Å². The molecule has 5 heteroatoms. The van der Waals surface area contributed by atoms with Crippen LogP contribution in [-0.2, 0) is 6.18 Å². The monoisotopic (exact) mass is 388 g/mol. The third-order valence-corrected chi connectivity index (χ3v) is 6.07. The molecular weight excluding hydrogens is 361 g/mol. The van der Waals surface area contributed by atoms with Gasteiger partial charge in [0.2, 0.25) is 0 Å². The van der Waals surface area contributed by atoms with Crippen molar-refractivity contribution in [2.75, 3.05) is 19.6 Å². The topological polar surface area (TPSA) is 24.1 Å². The largest absolute Gasteiger partial charge is 0.416 e. The van der Waals surface area contributed by atoms with Crippen LogP contribution in [0.5, 0.6) is 0 Å². The molecule has 1 aliphatic heterocycles. The van der Waals surface area contributed by atoms with Gasteiger partial charge in [0, 0.05) is 12.0 Å². The lowest BCUT2D eigenvalue weighted by Gasteiger charge is -2.22. The molecule has 2 N–H and O–H groups in total. The van der Waals surface area contributed by atoms with Crippen molar-refractivity contribution < 1.29 is 13.2 Å². The third kappa shape index (κ3) is 4.58. The fourth-order valence-corrected chi connectivity index (χ4v) is 4.34. The van der Waals surface area contributed by atoms with Gasteiger partial charge in [0.05, 0.1) is 5.56 Å². The molecule has 0 spiro atoms. The van der Waals surface area contributed by atoms with E-state index in [4.69, 9.17) is 0 Å². The minimum atomic E-state index is -4.33. The number of nitrogens with one attached hydrogen (secondary N) is 2. The maximum atomic E-state index is 13.7. The Morgan fingerprint density at radius 3 is 2.43 bits per heavy atom. The summed E-state index contributed by atoms with van der Waals surface area (Å²) < 4.78 is 41.2. The fourth-order valence-electron chi connectivity index (χ4n) is 4.34. The van der Waals surface area contributed by atoms with Crippen LogP contribution in [0.15, 0.2) is 48.5 Å². The van der Waals surface area contributed by atoms with Crippen LogP contribution in [0.4, 0.5) is 13.2 Å². The molecule has 4 rings (SSSR count). The summed E-state index contributed by atoms with van der Waals surface area (Å²) in [4.78, 5) is 0. The van der Waals surface area contributed by atoms with Crippen molar-refractivity contribution in [3.63, 3.8) is 0 Å². The normalized spacial score (nSPS) is 23.0. The second kappa shape index (κ2) is 8.26. The van der Waals surface area contributed by atoms with E-state index in [9.17, 15) is 13.2 Å². The standard InChI is InChI=1S/C23H27F3N2/c24-23(25,26)21-14-18(17-4-2-1-3-5-17)6-7-19(21)20-15-22(20)28-13-10-16-8-11-27-12-9-16/h1-7,14,16,20,22,27-28H,8-13,15H2. The highest BCUT2D eigenvalue weighted by molar-refractivity contribution is 5.65. The summed E-state index contributed by atoms with van der Waals surface area (Å²) in [5.41, 5.74) is 1.38. The van der Waals surface area contributed by atoms with Crippen molar-refractivity contribution in [1.29, 1.82) is 0 Å². The van der Waals surface area contributed by atoms with Gasteiger partial charge in [-0.25, -0.2) is 0 Å². The van der Waals surface area contributed by atoms with E-state index in [1.54, 1.807) is 6.07 Å². The van der Waals surface area contributed by atoms with E-state index < -0.39 is 11.7 Å². The summed E-state index contributed by atoms with van der Waals surface area (Å²) in [7, 11) is 0. The number of hydrogen-bond acceptors (Lipinski definition) is 2. The Balaban J connectivity index is 1.43. The fraction of sp³-hybridized carbons (Fsp3) is 0.478. The van der Waals surface area contributed by atoms with E-state index in [0.29, 0.717) is 11.1 Å². The first-order valence-electron chi connectivity index (χ1n) is 10.2. The summed E-state index contributed by atoms with van der Waals surface area (Å²) in [6, 6.07) is 14.2. The average Bonchev–Trinajstić information content (AvgIpc) is 3.48. The summed E-state index contributed by atoms with van der Waals surface area (Å²) in [6.45, 7) is 3.06. The van der Waals surface area contributed by atoms with E-state index in [0.717, 1.165) is 44.0 Å². The van der Waals surface area contributed by atoms with Gasteiger partial charge in [-0.3, -0.25) is 0 Å². The molecule has 2 unspecified atom stereocenters. The second-order valence-electron chi connectivity index (χ2n) is 8.05. The number of benzene rings is 2. The van der Waals surface area contributed by atoms with Crippen LogP contribution in [0.1, 0.15) is 42.7 Å². The summed E-state index contributed by atoms with van der Waals surface area (Å²) in [5.74, 6) is 0.705. The van der Waals surface area contributed by atoms with E-state index in [1.807, 2.05) is 36.4 Å². The molecule has 1 aliphatic carbocycles. The Kier molecular flexibility index (Phi) is 5.74. The van der Waals surface area contributed by atoms with Crippen molar-refractivity contribution in [3.8, 4) is 11.1 Å². The van der Waals surface area contributed by atoms with Gasteiger partial charge in [-0.2, -0.15) is 13.2 Å². The van der Waals surface area contributed by atoms with E-state index in [-0.39, 0.29) is 12.0 Å². The van der Waals surface area contributed by atoms with Crippen molar-refractivity contribution in [2.24, 2.45) is 5.92 Å². The van der Waals surface area contributed by atoms with Crippen LogP contribution < -0.4 is 10.6 Å². The summed E-state index contributed by atoms with van der Waals surface area (Å²) in [5, 5.41) is 6.85. The van der Waals surface area contributed by atoms with Gasteiger partial charge in [0.25, 0.3) is 0 Å². The minimum Gasteiger partial charge on any atom is -0.317 e. The third-order valence-electron chi connectivity index (χ3n) is 6.07. The zero-order valence-electron chi connectivity index (χ0n) is 15.9. The van der Waals surface area contributed by atoms with Crippen LogP contribution in [0.25, 0.3) is 11.1 Å². The van der Waals surface area contributed by atoms with Gasteiger partial charge in [-0.05, 0) is 74.0 Å². The van der Waals surface area contributed by atoms with Gasteiger partial charge >= 0.3 is 6.18 Å². The molecule has 0 bridgehead atoms. The molecule has 2 aromatic carbocycles. The maximum absolute atomic E-state index is 13.7. The number of piperidine rings is 1. The quantitative estimate of drug-likeness (QED) is 0.710. The van der Waals surface area contributed by atoms with Gasteiger partial charge in [0.15, 0.2) is 0 Å². The molecule has 150 valence electrons. The number of hydrogen-bond donors (Lipinski definition) is 2. The van der Waals surface area contributed by atoms with Crippen molar-refractivity contribution in [1.82, 2.24) is 10.6 Å². The van der Waals surface area contributed by atoms with Gasteiger partial charge < -0.3 is 10.6 Å². The van der Waals surface area contributed by atoms with Crippen molar-refractivity contribution in [2.45, 2.75) is 43.8 Å². The van der Waals surface area contributed by atoms with Crippen molar-refractivity contribution in [3.05, 3.63) is 59.7 Å². The molecule has 1 saturated heterocycles. The molecule has 2 atom stereocenters. The van der Waals surface area contributed by atoms with E-state index >= 15 is 0 Å². The van der Waals surface area contributed by atoms with Gasteiger partial charge in [-0.15, -0.1) is 0 Å². The smallest absolute Gasteiger partial charge is 0.317 e. The summed E-state index contributed by atoms with van der Waals surface area (Å²) in [6.07, 6.45) is -0.0176. The molecule has 2 aliphatic rings. The molecular formula is C23H27F3N2. The molecule has 0 radical (unpaired) electrons. The zero-order chi connectivity index (χ0) is 19.6. The molecule has 0 aromatic heterocycles. The van der Waals surface area contributed by atoms with Crippen LogP contribution >= 0.6 is 0 Å². The van der Waals surface area contributed by atoms with Gasteiger partial charge in [0.1, 0.15) is 0 Å². The Morgan fingerprint density at radius 2 is 1.71 bits per heavy atom. The molecule has 2 fully saturated rings. The highest BCUT2D eigenvalue weighted by atomic mass is 19.4. The Bertz CT molecular complexity index is 782. The maximum Gasteiger partial charge on any atom is 0.416 e. The number of alkyl halides is 3. The second-order valence-corrected chi connectivity index (χ2v) is 8.05. The molecule has 2 aromatic rings. The van der Waals surface area contributed by atoms with Crippen molar-refractivity contribution >= 4 is 0 Å². The predicted molar refractivity (Wildman–Crippen MR) is 106 cm³/mol. The lowest BCUT2D eigenvalue weighted by atomic mass is 9.94. The molecule has 2 nitrogen and oxygen atoms in total. The Labute approximate surface area is 164 Å². The predicted octanol–water partition coefficient (Wildman–Crippen LogP) is 5.21. The molecule has 0 amide bonds. The number of rotatable bonds is 6. The lowest BCUT2D eigenvalue weighted by Crippen LogP contribution is -2.30. The highest BCUT2D eigenvalue weighted by Crippen LogP contribution is 2.47. The lowest BCUT2D eigenvalue weighted by molar-refractivity contribution is -0.138. The Hall–Kier alpha value is -1.85. The van der Waals surface area contributed by atoms with Crippen LogP contribution in [0.3, 0.4) is 0 Å². The first-order valence-corrected chi connectivity index (χ1v) is 10.2. The average molecular weight is 388 g/mol. The minimum absolute atomic E-state index is 0.0329. The SMILES string of the molecule is FC(F)(F)c1cc(-c2ccccc2)ccc1C1CC1NCCC1CCNCC1. The summed E-state index contributed by atoms with van der Waals surface area (Å²) >= 11 is 0. The van der Waals surface area contributed by atoms with Gasteiger partial charge in [-0.1, -0.05) is 42.5 Å². The van der Waals surface area contributed by atoms with E-state index in [2.05, 4.69) is 10.6 Å². The molecule has 28 heavy (non-hydrogen) atoms. The van der Waals surface area contributed by atoms with E-state index in [1.165, 1.54) is 18.9 Å². The Morgan fingerprint density at radius 1 is 0.964 bits per heavy atom. The first-order chi connectivity index (χ1) is 13.5. The highest BCUT2D eigenvalue weighted by Gasteiger charge is 2.44. The zero-order valence-corrected chi connectivity index (χ0v) is 15.9. The molecule has 1 heterocycles. The first kappa shape index (κ1) is 19.5. The number of halogens is 3. The molecule has 1 saturated carbocycles.